The van der Waals surface area contributed by atoms with Crippen LogP contribution in [0.25, 0.3) is 10.9 Å². The van der Waals surface area contributed by atoms with Crippen LogP contribution in [0, 0.1) is 0 Å². The number of benzene rings is 2. The van der Waals surface area contributed by atoms with Gasteiger partial charge in [0.15, 0.2) is 5.43 Å². The topological polar surface area (TPSA) is 45.2 Å². The van der Waals surface area contributed by atoms with E-state index in [1.54, 1.807) is 6.20 Å². The highest BCUT2D eigenvalue weighted by atomic mass is 16.1. The number of rotatable bonds is 1. The lowest BCUT2D eigenvalue weighted by molar-refractivity contribution is 0.728. The Morgan fingerprint density at radius 2 is 1.82 bits per heavy atom. The number of nitrogens with one attached hydrogen (secondary N) is 1. The van der Waals surface area contributed by atoms with Crippen molar-refractivity contribution in [1.29, 1.82) is 0 Å². The van der Waals surface area contributed by atoms with Gasteiger partial charge < -0.3 is 4.98 Å². The van der Waals surface area contributed by atoms with E-state index in [-0.39, 0.29) is 11.5 Å². The molecular weight excluding hydrogens is 272 g/mol. The summed E-state index contributed by atoms with van der Waals surface area (Å²) in [6.45, 7) is 2.09. The van der Waals surface area contributed by atoms with Crippen molar-refractivity contribution in [1.82, 2.24) is 4.98 Å². The second-order valence-corrected chi connectivity index (χ2v) is 5.77. The summed E-state index contributed by atoms with van der Waals surface area (Å²) in [5.74, 6) is 0. The van der Waals surface area contributed by atoms with E-state index in [1.165, 1.54) is 5.56 Å². The summed E-state index contributed by atoms with van der Waals surface area (Å²) in [5, 5.41) is 0.707. The van der Waals surface area contributed by atoms with Crippen LogP contribution < -0.4 is 5.43 Å². The molecule has 3 aromatic rings. The fraction of sp³-hybridized carbons (Fsp3) is 0.158. The third-order valence-corrected chi connectivity index (χ3v) is 4.18. The molecule has 0 radical (unpaired) electrons. The minimum atomic E-state index is 0.0389. The summed E-state index contributed by atoms with van der Waals surface area (Å²) in [4.78, 5) is 20.8. The second-order valence-electron chi connectivity index (χ2n) is 5.77. The molecule has 0 amide bonds. The maximum Gasteiger partial charge on any atom is 0.198 e. The van der Waals surface area contributed by atoms with Crippen LogP contribution in [0.3, 0.4) is 0 Å². The zero-order valence-corrected chi connectivity index (χ0v) is 12.3. The average molecular weight is 288 g/mol. The van der Waals surface area contributed by atoms with Gasteiger partial charge in [-0.2, -0.15) is 0 Å². The molecule has 0 bridgehead atoms. The summed E-state index contributed by atoms with van der Waals surface area (Å²) in [7, 11) is 0. The van der Waals surface area contributed by atoms with E-state index < -0.39 is 0 Å². The van der Waals surface area contributed by atoms with Crippen LogP contribution in [-0.4, -0.2) is 16.7 Å². The van der Waals surface area contributed by atoms with E-state index in [9.17, 15) is 4.79 Å². The van der Waals surface area contributed by atoms with Crippen molar-refractivity contribution in [3.05, 3.63) is 81.6 Å². The third kappa shape index (κ3) is 1.98. The molecule has 1 aromatic heterocycles. The molecule has 0 aliphatic carbocycles. The van der Waals surface area contributed by atoms with Gasteiger partial charge in [0.05, 0.1) is 17.3 Å². The zero-order chi connectivity index (χ0) is 15.1. The first-order valence-corrected chi connectivity index (χ1v) is 7.51. The number of nitrogens with zero attached hydrogens (tertiary/aromatic N) is 1. The number of aromatic nitrogens is 1. The molecule has 0 fully saturated rings. The van der Waals surface area contributed by atoms with E-state index in [0.29, 0.717) is 10.9 Å². The molecule has 0 saturated heterocycles. The molecule has 2 heterocycles. The van der Waals surface area contributed by atoms with Crippen LogP contribution >= 0.6 is 0 Å². The fourth-order valence-corrected chi connectivity index (χ4v) is 3.14. The van der Waals surface area contributed by atoms with Gasteiger partial charge in [-0.25, -0.2) is 0 Å². The van der Waals surface area contributed by atoms with Gasteiger partial charge in [0.2, 0.25) is 0 Å². The highest BCUT2D eigenvalue weighted by molar-refractivity contribution is 6.15. The molecule has 108 valence electrons. The largest absolute Gasteiger partial charge is 0.360 e. The lowest BCUT2D eigenvalue weighted by atomic mass is 9.91. The Balaban J connectivity index is 1.99. The molecule has 1 unspecified atom stereocenters. The molecule has 0 spiro atoms. The van der Waals surface area contributed by atoms with Crippen LogP contribution in [0.15, 0.2) is 64.5 Å². The van der Waals surface area contributed by atoms with Gasteiger partial charge in [-0.15, -0.1) is 0 Å². The van der Waals surface area contributed by atoms with E-state index in [4.69, 9.17) is 4.99 Å². The number of hydrogen-bond donors (Lipinski definition) is 1. The predicted octanol–water partition coefficient (Wildman–Crippen LogP) is 3.31. The summed E-state index contributed by atoms with van der Waals surface area (Å²) in [6.07, 6.45) is 2.71. The Morgan fingerprint density at radius 1 is 1.05 bits per heavy atom. The Labute approximate surface area is 128 Å². The first-order chi connectivity index (χ1) is 10.7. The van der Waals surface area contributed by atoms with Crippen molar-refractivity contribution < 1.29 is 0 Å². The van der Waals surface area contributed by atoms with Gasteiger partial charge in [0.25, 0.3) is 0 Å². The first kappa shape index (κ1) is 13.0. The smallest absolute Gasteiger partial charge is 0.198 e. The normalized spacial score (nSPS) is 17.1. The highest BCUT2D eigenvalue weighted by Crippen LogP contribution is 2.22. The quantitative estimate of drug-likeness (QED) is 0.733. The number of H-pyrrole nitrogens is 1. The van der Waals surface area contributed by atoms with E-state index in [0.717, 1.165) is 23.2 Å². The van der Waals surface area contributed by atoms with Crippen molar-refractivity contribution in [2.24, 2.45) is 4.99 Å². The maximum absolute atomic E-state index is 12.8. The Bertz CT molecular complexity index is 953. The molecular formula is C19H16N2O. The van der Waals surface area contributed by atoms with E-state index >= 15 is 0 Å². The average Bonchev–Trinajstić information content (AvgIpc) is 2.55. The molecule has 4 rings (SSSR count). The number of pyridine rings is 1. The minimum absolute atomic E-state index is 0.0389. The van der Waals surface area contributed by atoms with E-state index in [1.807, 2.05) is 36.4 Å². The van der Waals surface area contributed by atoms with Gasteiger partial charge in [-0.3, -0.25) is 9.79 Å². The van der Waals surface area contributed by atoms with E-state index in [2.05, 4.69) is 24.0 Å². The standard InChI is InChI=1S/C19H16N2O/c1-12-10-13-6-2-3-7-14(13)18(21-12)16-11-20-17-9-5-4-8-15(17)19(16)22/h2-9,11-12H,10H2,1H3,(H,20,22). The predicted molar refractivity (Wildman–Crippen MR) is 89.8 cm³/mol. The first-order valence-electron chi connectivity index (χ1n) is 7.51. The van der Waals surface area contributed by atoms with Gasteiger partial charge in [0, 0.05) is 22.7 Å². The Hall–Kier alpha value is -2.68. The second kappa shape index (κ2) is 4.95. The van der Waals surface area contributed by atoms with Crippen molar-refractivity contribution in [3.8, 4) is 0 Å². The molecule has 1 N–H and O–H groups in total. The minimum Gasteiger partial charge on any atom is -0.360 e. The zero-order valence-electron chi connectivity index (χ0n) is 12.3. The molecule has 1 aliphatic heterocycles. The summed E-state index contributed by atoms with van der Waals surface area (Å²) in [6, 6.07) is 16.0. The molecule has 3 heteroatoms. The summed E-state index contributed by atoms with van der Waals surface area (Å²) >= 11 is 0. The van der Waals surface area contributed by atoms with Crippen molar-refractivity contribution in [3.63, 3.8) is 0 Å². The van der Waals surface area contributed by atoms with Gasteiger partial charge in [0.1, 0.15) is 0 Å². The third-order valence-electron chi connectivity index (χ3n) is 4.18. The van der Waals surface area contributed by atoms with Crippen LogP contribution in [0.1, 0.15) is 23.6 Å². The number of hydrogen-bond acceptors (Lipinski definition) is 2. The molecule has 2 aromatic carbocycles. The SMILES string of the molecule is CC1Cc2ccccc2C(c2c[nH]c3ccccc3c2=O)=N1. The number of fused-ring (bicyclic) bond motifs is 2. The Kier molecular flexibility index (Phi) is 2.93. The van der Waals surface area contributed by atoms with Crippen molar-refractivity contribution in [2.75, 3.05) is 0 Å². The number of aliphatic imine (C=N–C) groups is 1. The molecule has 1 atom stereocenters. The van der Waals surface area contributed by atoms with Crippen molar-refractivity contribution in [2.45, 2.75) is 19.4 Å². The number of aromatic amines is 1. The van der Waals surface area contributed by atoms with Crippen molar-refractivity contribution >= 4 is 16.6 Å². The fourth-order valence-electron chi connectivity index (χ4n) is 3.14. The lowest BCUT2D eigenvalue weighted by Gasteiger charge is -2.21. The monoisotopic (exact) mass is 288 g/mol. The molecule has 22 heavy (non-hydrogen) atoms. The Morgan fingerprint density at radius 3 is 2.73 bits per heavy atom. The van der Waals surface area contributed by atoms with Crippen LogP contribution in [0.5, 0.6) is 0 Å². The maximum atomic E-state index is 12.8. The lowest BCUT2D eigenvalue weighted by Crippen LogP contribution is -2.24. The highest BCUT2D eigenvalue weighted by Gasteiger charge is 2.21. The molecule has 3 nitrogen and oxygen atoms in total. The summed E-state index contributed by atoms with van der Waals surface area (Å²) in [5.41, 5.74) is 4.68. The molecule has 1 aliphatic rings. The van der Waals surface area contributed by atoms with Crippen LogP contribution in [-0.2, 0) is 6.42 Å². The van der Waals surface area contributed by atoms with Gasteiger partial charge in [-0.05, 0) is 31.0 Å². The van der Waals surface area contributed by atoms with Gasteiger partial charge >= 0.3 is 0 Å². The molecule has 0 saturated carbocycles. The van der Waals surface area contributed by atoms with Crippen LogP contribution in [0.4, 0.5) is 0 Å². The van der Waals surface area contributed by atoms with Gasteiger partial charge in [-0.1, -0.05) is 36.4 Å². The number of para-hydroxylation sites is 1. The van der Waals surface area contributed by atoms with Crippen LogP contribution in [0.2, 0.25) is 0 Å². The summed E-state index contributed by atoms with van der Waals surface area (Å²) < 4.78 is 0.